The SMILES string of the molecule is Fc1cc(C2=CI=CC=C2)ccc1-c1ccccc1. The van der Waals surface area contributed by atoms with Crippen molar-refractivity contribution in [3.05, 3.63) is 76.1 Å². The summed E-state index contributed by atoms with van der Waals surface area (Å²) in [5.41, 5.74) is 3.67. The molecule has 1 aliphatic rings. The van der Waals surface area contributed by atoms with E-state index in [1.807, 2.05) is 48.5 Å². The van der Waals surface area contributed by atoms with Gasteiger partial charge < -0.3 is 0 Å². The molecule has 0 N–H and O–H groups in total. The average molecular weight is 362 g/mol. The number of hydrogen-bond acceptors (Lipinski definition) is 0. The summed E-state index contributed by atoms with van der Waals surface area (Å²) in [7, 11) is 0. The fourth-order valence-corrected chi connectivity index (χ4v) is 3.64. The summed E-state index contributed by atoms with van der Waals surface area (Å²) in [6, 6.07) is 15.1. The van der Waals surface area contributed by atoms with Gasteiger partial charge in [-0.25, -0.2) is 4.39 Å². The molecule has 0 bridgehead atoms. The average Bonchev–Trinajstić information content (AvgIpc) is 2.49. The summed E-state index contributed by atoms with van der Waals surface area (Å²) in [5.74, 6) is -0.161. The minimum Gasteiger partial charge on any atom is -0.206 e. The van der Waals surface area contributed by atoms with Crippen molar-refractivity contribution in [2.75, 3.05) is 0 Å². The van der Waals surface area contributed by atoms with E-state index in [1.54, 1.807) is 6.07 Å². The first-order chi connectivity index (χ1) is 9.34. The fourth-order valence-electron chi connectivity index (χ4n) is 2.03. The van der Waals surface area contributed by atoms with Crippen molar-refractivity contribution in [1.29, 1.82) is 0 Å². The first-order valence-electron chi connectivity index (χ1n) is 6.02. The first kappa shape index (κ1) is 12.5. The van der Waals surface area contributed by atoms with E-state index in [2.05, 4.69) is 14.2 Å². The van der Waals surface area contributed by atoms with E-state index >= 15 is 0 Å². The van der Waals surface area contributed by atoms with Gasteiger partial charge >= 0.3 is 0 Å². The predicted molar refractivity (Wildman–Crippen MR) is 89.0 cm³/mol. The Morgan fingerprint density at radius 3 is 2.42 bits per heavy atom. The normalized spacial score (nSPS) is 13.8. The molecule has 94 valence electrons. The topological polar surface area (TPSA) is 0 Å². The van der Waals surface area contributed by atoms with E-state index in [9.17, 15) is 4.39 Å². The summed E-state index contributed by atoms with van der Waals surface area (Å²) < 4.78 is 18.7. The van der Waals surface area contributed by atoms with Crippen LogP contribution in [0.3, 0.4) is 0 Å². The lowest BCUT2D eigenvalue weighted by atomic mass is 10.00. The van der Waals surface area contributed by atoms with E-state index in [4.69, 9.17) is 0 Å². The van der Waals surface area contributed by atoms with Gasteiger partial charge in [-0.05, 0) is 30.9 Å². The first-order valence-corrected chi connectivity index (χ1v) is 8.51. The molecule has 0 saturated heterocycles. The van der Waals surface area contributed by atoms with Crippen LogP contribution in [0.15, 0.2) is 64.8 Å². The zero-order valence-electron chi connectivity index (χ0n) is 10.2. The number of halogens is 2. The second-order valence-electron chi connectivity index (χ2n) is 4.24. The van der Waals surface area contributed by atoms with Crippen molar-refractivity contribution in [2.45, 2.75) is 0 Å². The van der Waals surface area contributed by atoms with Crippen molar-refractivity contribution in [3.8, 4) is 11.1 Å². The molecule has 0 unspecified atom stereocenters. The molecular weight excluding hydrogens is 350 g/mol. The number of hydrogen-bond donors (Lipinski definition) is 0. The van der Waals surface area contributed by atoms with Gasteiger partial charge in [-0.1, -0.05) is 75.3 Å². The van der Waals surface area contributed by atoms with Gasteiger partial charge in [0.1, 0.15) is 5.82 Å². The molecule has 0 atom stereocenters. The Morgan fingerprint density at radius 1 is 0.895 bits per heavy atom. The van der Waals surface area contributed by atoms with Crippen LogP contribution in [0.4, 0.5) is 4.39 Å². The minimum absolute atomic E-state index is 0.00995. The van der Waals surface area contributed by atoms with Gasteiger partial charge in [-0.2, -0.15) is 0 Å². The molecule has 0 radical (unpaired) electrons. The summed E-state index contributed by atoms with van der Waals surface area (Å²) in [5, 5.41) is 0. The van der Waals surface area contributed by atoms with Crippen molar-refractivity contribution >= 4 is 30.3 Å². The van der Waals surface area contributed by atoms with Crippen LogP contribution >= 0.6 is 20.7 Å². The highest BCUT2D eigenvalue weighted by Crippen LogP contribution is 2.28. The maximum Gasteiger partial charge on any atom is 0.131 e. The second kappa shape index (κ2) is 5.61. The highest BCUT2D eigenvalue weighted by atomic mass is 127. The maximum atomic E-state index is 14.2. The van der Waals surface area contributed by atoms with Crippen molar-refractivity contribution in [2.24, 2.45) is 0 Å². The Kier molecular flexibility index (Phi) is 3.69. The molecule has 2 heteroatoms. The lowest BCUT2D eigenvalue weighted by molar-refractivity contribution is 0.631. The number of allylic oxidation sites excluding steroid dienone is 3. The van der Waals surface area contributed by atoms with E-state index < -0.39 is 0 Å². The molecular formula is C17H12FI. The number of rotatable bonds is 2. The highest BCUT2D eigenvalue weighted by Gasteiger charge is 2.07. The molecule has 0 fully saturated rings. The zero-order valence-corrected chi connectivity index (χ0v) is 12.3. The largest absolute Gasteiger partial charge is 0.206 e. The minimum atomic E-state index is -0.161. The monoisotopic (exact) mass is 362 g/mol. The molecule has 0 aromatic heterocycles. The van der Waals surface area contributed by atoms with Crippen LogP contribution in [0.25, 0.3) is 16.7 Å². The van der Waals surface area contributed by atoms with Crippen LogP contribution in [0.2, 0.25) is 0 Å². The molecule has 1 heterocycles. The molecule has 0 spiro atoms. The van der Waals surface area contributed by atoms with Gasteiger partial charge in [0.05, 0.1) is 0 Å². The Bertz CT molecular complexity index is 682. The van der Waals surface area contributed by atoms with Crippen LogP contribution in [0.1, 0.15) is 5.56 Å². The van der Waals surface area contributed by atoms with E-state index in [0.29, 0.717) is 5.56 Å². The van der Waals surface area contributed by atoms with Gasteiger partial charge in [-0.3, -0.25) is 0 Å². The third-order valence-electron chi connectivity index (χ3n) is 2.99. The Balaban J connectivity index is 2.01. The quantitative estimate of drug-likeness (QED) is 0.646. The van der Waals surface area contributed by atoms with Crippen molar-refractivity contribution in [3.63, 3.8) is 0 Å². The van der Waals surface area contributed by atoms with Crippen LogP contribution in [0, 0.1) is 5.82 Å². The molecule has 0 amide bonds. The summed E-state index contributed by atoms with van der Waals surface area (Å²) in [6.07, 6.45) is 4.10. The second-order valence-corrected chi connectivity index (χ2v) is 6.30. The Hall–Kier alpha value is -1.55. The predicted octanol–water partition coefficient (Wildman–Crippen LogP) is 5.18. The smallest absolute Gasteiger partial charge is 0.131 e. The molecule has 2 aromatic carbocycles. The maximum absolute atomic E-state index is 14.2. The molecule has 2 aromatic rings. The molecule has 1 aliphatic heterocycles. The summed E-state index contributed by atoms with van der Waals surface area (Å²) in [6.45, 7) is 0. The third kappa shape index (κ3) is 2.73. The zero-order chi connectivity index (χ0) is 13.1. The molecule has 0 saturated carbocycles. The van der Waals surface area contributed by atoms with Gasteiger partial charge in [-0.15, -0.1) is 0 Å². The lowest BCUT2D eigenvalue weighted by Crippen LogP contribution is -1.88. The van der Waals surface area contributed by atoms with Gasteiger partial charge in [0, 0.05) is 5.56 Å². The van der Waals surface area contributed by atoms with Crippen molar-refractivity contribution in [1.82, 2.24) is 0 Å². The lowest BCUT2D eigenvalue weighted by Gasteiger charge is -2.08. The standard InChI is InChI=1S/C17H12FI/c18-17-11-14(15-7-4-10-19-12-15)8-9-16(17)13-5-2-1-3-6-13/h1-12H. The van der Waals surface area contributed by atoms with E-state index in [0.717, 1.165) is 16.7 Å². The molecule has 0 nitrogen and oxygen atoms in total. The summed E-state index contributed by atoms with van der Waals surface area (Å²) in [4.78, 5) is 0. The van der Waals surface area contributed by atoms with E-state index in [-0.39, 0.29) is 26.5 Å². The Labute approximate surface area is 122 Å². The fraction of sp³-hybridized carbons (Fsp3) is 0. The summed E-state index contributed by atoms with van der Waals surface area (Å²) >= 11 is -0.00995. The highest BCUT2D eigenvalue weighted by molar-refractivity contribution is 14.2. The number of benzene rings is 2. The molecule has 19 heavy (non-hydrogen) atoms. The third-order valence-corrected chi connectivity index (χ3v) is 4.85. The van der Waals surface area contributed by atoms with Crippen LogP contribution in [0.5, 0.6) is 0 Å². The van der Waals surface area contributed by atoms with Gasteiger partial charge in [0.15, 0.2) is 0 Å². The Morgan fingerprint density at radius 2 is 1.74 bits per heavy atom. The van der Waals surface area contributed by atoms with Gasteiger partial charge in [0.25, 0.3) is 0 Å². The van der Waals surface area contributed by atoms with E-state index in [1.165, 1.54) is 0 Å². The van der Waals surface area contributed by atoms with Gasteiger partial charge in [0.2, 0.25) is 0 Å². The molecule has 3 rings (SSSR count). The van der Waals surface area contributed by atoms with Crippen LogP contribution < -0.4 is 0 Å². The van der Waals surface area contributed by atoms with Crippen LogP contribution in [-0.4, -0.2) is 4.01 Å². The van der Waals surface area contributed by atoms with Crippen LogP contribution in [-0.2, 0) is 0 Å². The molecule has 0 aliphatic carbocycles. The van der Waals surface area contributed by atoms with Crippen molar-refractivity contribution < 1.29 is 4.39 Å².